The molecule has 0 saturated carbocycles. The Balaban J connectivity index is 2.92. The van der Waals surface area contributed by atoms with E-state index in [4.69, 9.17) is 5.73 Å². The van der Waals surface area contributed by atoms with Gasteiger partial charge in [0.15, 0.2) is 0 Å². The lowest BCUT2D eigenvalue weighted by molar-refractivity contribution is 0.218. The summed E-state index contributed by atoms with van der Waals surface area (Å²) in [6.07, 6.45) is 0.884. The third-order valence-corrected chi connectivity index (χ3v) is 2.66. The molecule has 0 fully saturated rings. The fourth-order valence-corrected chi connectivity index (χ4v) is 1.58. The minimum absolute atomic E-state index is 0.161. The van der Waals surface area contributed by atoms with Crippen LogP contribution in [-0.2, 0) is 11.8 Å². The molecule has 1 rings (SSSR count). The lowest BCUT2D eigenvalue weighted by Crippen LogP contribution is -2.23. The fraction of sp³-hybridized carbons (Fsp3) is 0.538. The molecule has 0 aliphatic carbocycles. The minimum atomic E-state index is -0.173. The van der Waals surface area contributed by atoms with Crippen LogP contribution in [-0.4, -0.2) is 17.8 Å². The molecular weight excluding hydrogens is 186 g/mol. The van der Waals surface area contributed by atoms with E-state index in [-0.39, 0.29) is 18.1 Å². The van der Waals surface area contributed by atoms with Gasteiger partial charge in [-0.2, -0.15) is 0 Å². The number of hydrogen-bond acceptors (Lipinski definition) is 2. The molecule has 0 aliphatic heterocycles. The zero-order chi connectivity index (χ0) is 11.5. The van der Waals surface area contributed by atoms with E-state index in [9.17, 15) is 5.11 Å². The molecule has 0 radical (unpaired) electrons. The van der Waals surface area contributed by atoms with Crippen molar-refractivity contribution in [2.24, 2.45) is 5.73 Å². The maximum absolute atomic E-state index is 9.30. The van der Waals surface area contributed by atoms with E-state index in [0.717, 1.165) is 6.42 Å². The highest BCUT2D eigenvalue weighted by atomic mass is 16.3. The molecule has 1 aromatic rings. The van der Waals surface area contributed by atoms with Crippen LogP contribution < -0.4 is 5.73 Å². The summed E-state index contributed by atoms with van der Waals surface area (Å²) in [6, 6.07) is 8.49. The number of benzene rings is 1. The molecule has 3 N–H and O–H groups in total. The van der Waals surface area contributed by atoms with Gasteiger partial charge in [0.25, 0.3) is 0 Å². The van der Waals surface area contributed by atoms with Crippen LogP contribution in [0.3, 0.4) is 0 Å². The Morgan fingerprint density at radius 3 is 2.60 bits per heavy atom. The largest absolute Gasteiger partial charge is 0.395 e. The van der Waals surface area contributed by atoms with Crippen molar-refractivity contribution in [1.29, 1.82) is 0 Å². The van der Waals surface area contributed by atoms with Gasteiger partial charge in [-0.1, -0.05) is 38.1 Å². The predicted molar refractivity (Wildman–Crippen MR) is 63.9 cm³/mol. The van der Waals surface area contributed by atoms with Crippen LogP contribution in [0.4, 0.5) is 0 Å². The van der Waals surface area contributed by atoms with Gasteiger partial charge in [0.1, 0.15) is 0 Å². The summed E-state index contributed by atoms with van der Waals surface area (Å²) in [6.45, 7) is 6.24. The standard InChI is InChI=1S/C13H21NO/c1-10(14)7-11-5-4-6-12(8-11)13(2,3)9-15/h4-6,8,10,15H,7,9,14H2,1-3H3. The summed E-state index contributed by atoms with van der Waals surface area (Å²) in [5.74, 6) is 0. The van der Waals surface area contributed by atoms with Crippen LogP contribution in [0.5, 0.6) is 0 Å². The molecule has 0 bridgehead atoms. The zero-order valence-electron chi connectivity index (χ0n) is 9.83. The minimum Gasteiger partial charge on any atom is -0.395 e. The van der Waals surface area contributed by atoms with Crippen LogP contribution >= 0.6 is 0 Å². The lowest BCUT2D eigenvalue weighted by atomic mass is 9.84. The van der Waals surface area contributed by atoms with Gasteiger partial charge in [0.05, 0.1) is 6.61 Å². The molecule has 0 heterocycles. The summed E-state index contributed by atoms with van der Waals surface area (Å²) < 4.78 is 0. The summed E-state index contributed by atoms with van der Waals surface area (Å²) >= 11 is 0. The molecule has 15 heavy (non-hydrogen) atoms. The second-order valence-corrected chi connectivity index (χ2v) is 4.92. The van der Waals surface area contributed by atoms with Crippen molar-refractivity contribution in [2.45, 2.75) is 38.6 Å². The van der Waals surface area contributed by atoms with E-state index in [1.807, 2.05) is 26.8 Å². The van der Waals surface area contributed by atoms with E-state index in [1.54, 1.807) is 0 Å². The monoisotopic (exact) mass is 207 g/mol. The van der Waals surface area contributed by atoms with Gasteiger partial charge in [-0.15, -0.1) is 0 Å². The van der Waals surface area contributed by atoms with Crippen molar-refractivity contribution < 1.29 is 5.11 Å². The van der Waals surface area contributed by atoms with Crippen molar-refractivity contribution in [3.8, 4) is 0 Å². The molecule has 2 heteroatoms. The van der Waals surface area contributed by atoms with E-state index < -0.39 is 0 Å². The molecule has 0 aromatic heterocycles. The lowest BCUT2D eigenvalue weighted by Gasteiger charge is -2.23. The number of hydrogen-bond donors (Lipinski definition) is 2. The average Bonchev–Trinajstić information content (AvgIpc) is 2.17. The molecule has 1 atom stereocenters. The van der Waals surface area contributed by atoms with Crippen LogP contribution in [0.2, 0.25) is 0 Å². The van der Waals surface area contributed by atoms with Crippen LogP contribution in [0, 0.1) is 0 Å². The fourth-order valence-electron chi connectivity index (χ4n) is 1.58. The maximum Gasteiger partial charge on any atom is 0.0522 e. The van der Waals surface area contributed by atoms with Crippen molar-refractivity contribution in [2.75, 3.05) is 6.61 Å². The predicted octanol–water partition coefficient (Wildman–Crippen LogP) is 1.85. The first kappa shape index (κ1) is 12.2. The first-order valence-electron chi connectivity index (χ1n) is 5.41. The van der Waals surface area contributed by atoms with E-state index in [1.165, 1.54) is 11.1 Å². The molecule has 0 aliphatic rings. The molecule has 0 saturated heterocycles. The highest BCUT2D eigenvalue weighted by Gasteiger charge is 2.19. The van der Waals surface area contributed by atoms with Crippen molar-refractivity contribution in [1.82, 2.24) is 0 Å². The Bertz CT molecular complexity index is 318. The van der Waals surface area contributed by atoms with Gasteiger partial charge in [-0.05, 0) is 24.5 Å². The molecule has 1 unspecified atom stereocenters. The second kappa shape index (κ2) is 4.77. The van der Waals surface area contributed by atoms with Crippen molar-refractivity contribution in [3.05, 3.63) is 35.4 Å². The van der Waals surface area contributed by atoms with E-state index in [0.29, 0.717) is 0 Å². The highest BCUT2D eigenvalue weighted by Crippen LogP contribution is 2.23. The number of aliphatic hydroxyl groups excluding tert-OH is 1. The third kappa shape index (κ3) is 3.33. The Morgan fingerprint density at radius 1 is 1.40 bits per heavy atom. The van der Waals surface area contributed by atoms with E-state index >= 15 is 0 Å². The Kier molecular flexibility index (Phi) is 3.89. The Labute approximate surface area is 92.1 Å². The van der Waals surface area contributed by atoms with Gasteiger partial charge < -0.3 is 10.8 Å². The topological polar surface area (TPSA) is 46.2 Å². The normalized spacial score (nSPS) is 13.9. The first-order chi connectivity index (χ1) is 6.95. The molecule has 0 spiro atoms. The third-order valence-electron chi connectivity index (χ3n) is 2.66. The average molecular weight is 207 g/mol. The second-order valence-electron chi connectivity index (χ2n) is 4.92. The maximum atomic E-state index is 9.30. The van der Waals surface area contributed by atoms with Gasteiger partial charge in [0.2, 0.25) is 0 Å². The number of rotatable bonds is 4. The summed E-state index contributed by atoms with van der Waals surface area (Å²) in [4.78, 5) is 0. The smallest absolute Gasteiger partial charge is 0.0522 e. The van der Waals surface area contributed by atoms with Gasteiger partial charge in [0, 0.05) is 11.5 Å². The number of aliphatic hydroxyl groups is 1. The quantitative estimate of drug-likeness (QED) is 0.791. The Morgan fingerprint density at radius 2 is 2.07 bits per heavy atom. The van der Waals surface area contributed by atoms with Crippen LogP contribution in [0.1, 0.15) is 31.9 Å². The number of nitrogens with two attached hydrogens (primary N) is 1. The van der Waals surface area contributed by atoms with Crippen LogP contribution in [0.25, 0.3) is 0 Å². The SMILES string of the molecule is CC(N)Cc1cccc(C(C)(C)CO)c1. The summed E-state index contributed by atoms with van der Waals surface area (Å²) in [5, 5.41) is 9.30. The first-order valence-corrected chi connectivity index (χ1v) is 5.41. The zero-order valence-corrected chi connectivity index (χ0v) is 9.83. The Hall–Kier alpha value is -0.860. The molecular formula is C13H21NO. The van der Waals surface area contributed by atoms with E-state index in [2.05, 4.69) is 18.2 Å². The van der Waals surface area contributed by atoms with Gasteiger partial charge >= 0.3 is 0 Å². The van der Waals surface area contributed by atoms with Gasteiger partial charge in [-0.25, -0.2) is 0 Å². The summed E-state index contributed by atoms with van der Waals surface area (Å²) in [7, 11) is 0. The molecule has 84 valence electrons. The molecule has 0 amide bonds. The molecule has 2 nitrogen and oxygen atoms in total. The van der Waals surface area contributed by atoms with Crippen molar-refractivity contribution >= 4 is 0 Å². The molecule has 1 aromatic carbocycles. The van der Waals surface area contributed by atoms with Crippen molar-refractivity contribution in [3.63, 3.8) is 0 Å². The van der Waals surface area contributed by atoms with Gasteiger partial charge in [-0.3, -0.25) is 0 Å². The summed E-state index contributed by atoms with van der Waals surface area (Å²) in [5.41, 5.74) is 8.00. The van der Waals surface area contributed by atoms with Crippen LogP contribution in [0.15, 0.2) is 24.3 Å². The highest BCUT2D eigenvalue weighted by molar-refractivity contribution is 5.29.